The molecule has 0 spiro atoms. The van der Waals surface area contributed by atoms with Gasteiger partial charge in [0.2, 0.25) is 5.91 Å². The number of benzene rings is 1. The highest BCUT2D eigenvalue weighted by molar-refractivity contribution is 7.91. The maximum absolute atomic E-state index is 14.3. The van der Waals surface area contributed by atoms with Gasteiger partial charge in [-0.15, -0.1) is 0 Å². The van der Waals surface area contributed by atoms with Crippen LogP contribution in [-0.2, 0) is 20.0 Å². The van der Waals surface area contributed by atoms with Gasteiger partial charge in [-0.05, 0) is 56.3 Å². The van der Waals surface area contributed by atoms with Crippen LogP contribution >= 0.6 is 0 Å². The Morgan fingerprint density at radius 3 is 2.58 bits per heavy atom. The van der Waals surface area contributed by atoms with E-state index in [0.29, 0.717) is 51.4 Å². The molecule has 182 valence electrons. The van der Waals surface area contributed by atoms with Crippen molar-refractivity contribution in [3.63, 3.8) is 0 Å². The number of carbonyl (C=O) groups is 2. The molecule has 1 saturated carbocycles. The summed E-state index contributed by atoms with van der Waals surface area (Å²) < 4.78 is 45.9. The van der Waals surface area contributed by atoms with Gasteiger partial charge in [-0.1, -0.05) is 12.5 Å². The first kappa shape index (κ1) is 23.9. The van der Waals surface area contributed by atoms with Gasteiger partial charge in [0.1, 0.15) is 6.54 Å². The summed E-state index contributed by atoms with van der Waals surface area (Å²) in [4.78, 5) is 26.3. The van der Waals surface area contributed by atoms with Crippen LogP contribution in [0.1, 0.15) is 37.7 Å². The van der Waals surface area contributed by atoms with Crippen molar-refractivity contribution in [3.8, 4) is 5.75 Å². The standard InChI is InChI=1S/C23H32FN3O5S/c1-26-14-23(15-26,18-7-8-19(24)20(11-18)32-13-17-5-6-17)16-33(30,31)10-4-2-3-9-27-12-21(28)25-22(27)29/h7-8,11,17H,2-6,9-10,12-16H2,1H3,(H,25,28,29). The number of nitrogens with zero attached hydrogens (tertiary/aromatic N) is 2. The fraction of sp³-hybridized carbons (Fsp3) is 0.652. The Morgan fingerprint density at radius 2 is 1.94 bits per heavy atom. The second-order valence-electron chi connectivity index (χ2n) is 9.78. The number of unbranched alkanes of at least 4 members (excludes halogenated alkanes) is 2. The van der Waals surface area contributed by atoms with E-state index in [1.54, 1.807) is 12.1 Å². The first-order valence-corrected chi connectivity index (χ1v) is 13.4. The second kappa shape index (κ2) is 9.58. The van der Waals surface area contributed by atoms with Crippen LogP contribution in [0.3, 0.4) is 0 Å². The predicted molar refractivity (Wildman–Crippen MR) is 121 cm³/mol. The van der Waals surface area contributed by atoms with Gasteiger partial charge in [0, 0.05) is 25.0 Å². The number of hydrogen-bond acceptors (Lipinski definition) is 6. The maximum atomic E-state index is 14.3. The molecule has 0 bridgehead atoms. The Bertz CT molecular complexity index is 1010. The van der Waals surface area contributed by atoms with E-state index >= 15 is 0 Å². The lowest BCUT2D eigenvalue weighted by Crippen LogP contribution is -2.60. The van der Waals surface area contributed by atoms with E-state index in [9.17, 15) is 22.4 Å². The fourth-order valence-electron chi connectivity index (χ4n) is 4.74. The zero-order valence-corrected chi connectivity index (χ0v) is 19.8. The molecule has 0 radical (unpaired) electrons. The zero-order valence-electron chi connectivity index (χ0n) is 19.0. The summed E-state index contributed by atoms with van der Waals surface area (Å²) >= 11 is 0. The highest BCUT2D eigenvalue weighted by Crippen LogP contribution is 2.38. The number of urea groups is 1. The Morgan fingerprint density at radius 1 is 1.18 bits per heavy atom. The quantitative estimate of drug-likeness (QED) is 0.362. The van der Waals surface area contributed by atoms with Crippen LogP contribution in [0.2, 0.25) is 0 Å². The topological polar surface area (TPSA) is 96.0 Å². The monoisotopic (exact) mass is 481 g/mol. The van der Waals surface area contributed by atoms with Crippen LogP contribution in [-0.4, -0.2) is 81.5 Å². The molecule has 2 aliphatic heterocycles. The van der Waals surface area contributed by atoms with E-state index in [0.717, 1.165) is 18.4 Å². The number of amides is 3. The number of nitrogens with one attached hydrogen (secondary N) is 1. The number of carbonyl (C=O) groups excluding carboxylic acids is 2. The molecule has 0 unspecified atom stereocenters. The van der Waals surface area contributed by atoms with Crippen LogP contribution in [0.15, 0.2) is 18.2 Å². The molecule has 3 fully saturated rings. The van der Waals surface area contributed by atoms with E-state index in [1.807, 2.05) is 7.05 Å². The van der Waals surface area contributed by atoms with Crippen molar-refractivity contribution in [3.05, 3.63) is 29.6 Å². The average molecular weight is 482 g/mol. The number of likely N-dealkylation sites (tertiary alicyclic amines) is 1. The molecular weight excluding hydrogens is 449 g/mol. The summed E-state index contributed by atoms with van der Waals surface area (Å²) in [5, 5.41) is 2.23. The summed E-state index contributed by atoms with van der Waals surface area (Å²) in [5.41, 5.74) is 0.244. The van der Waals surface area contributed by atoms with Gasteiger partial charge in [0.15, 0.2) is 21.4 Å². The predicted octanol–water partition coefficient (Wildman–Crippen LogP) is 1.93. The minimum Gasteiger partial charge on any atom is -0.490 e. The van der Waals surface area contributed by atoms with Crippen LogP contribution in [0, 0.1) is 11.7 Å². The Kier molecular flexibility index (Phi) is 6.95. The van der Waals surface area contributed by atoms with E-state index in [2.05, 4.69) is 10.2 Å². The molecule has 3 aliphatic rings. The lowest BCUT2D eigenvalue weighted by atomic mass is 9.75. The molecule has 1 aromatic carbocycles. The molecule has 1 aromatic rings. The first-order chi connectivity index (χ1) is 15.7. The number of halogens is 1. The summed E-state index contributed by atoms with van der Waals surface area (Å²) in [6.45, 7) is 2.19. The highest BCUT2D eigenvalue weighted by atomic mass is 32.2. The van der Waals surface area contributed by atoms with Gasteiger partial charge in [-0.25, -0.2) is 17.6 Å². The lowest BCUT2D eigenvalue weighted by Gasteiger charge is -2.49. The molecule has 3 amide bonds. The van der Waals surface area contributed by atoms with Crippen LogP contribution < -0.4 is 10.1 Å². The molecule has 2 saturated heterocycles. The molecule has 1 N–H and O–H groups in total. The third-order valence-electron chi connectivity index (χ3n) is 6.61. The van der Waals surface area contributed by atoms with E-state index < -0.39 is 21.1 Å². The lowest BCUT2D eigenvalue weighted by molar-refractivity contribution is -0.118. The van der Waals surface area contributed by atoms with Crippen molar-refractivity contribution in [2.75, 3.05) is 51.3 Å². The molecular formula is C23H32FN3O5S. The highest BCUT2D eigenvalue weighted by Gasteiger charge is 2.46. The second-order valence-corrected chi connectivity index (χ2v) is 12.0. The minimum absolute atomic E-state index is 0.0150. The summed E-state index contributed by atoms with van der Waals surface area (Å²) in [6.07, 6.45) is 4.01. The number of likely N-dealkylation sites (N-methyl/N-ethyl adjacent to an activating group) is 1. The minimum atomic E-state index is -3.34. The van der Waals surface area contributed by atoms with Crippen molar-refractivity contribution < 1.29 is 27.1 Å². The van der Waals surface area contributed by atoms with Gasteiger partial charge in [0.25, 0.3) is 0 Å². The summed E-state index contributed by atoms with van der Waals surface area (Å²) in [7, 11) is -1.40. The fourth-order valence-corrected chi connectivity index (χ4v) is 6.72. The Labute approximate surface area is 194 Å². The smallest absolute Gasteiger partial charge is 0.324 e. The normalized spacial score (nSPS) is 20.6. The average Bonchev–Trinajstić information content (AvgIpc) is 3.49. The molecule has 33 heavy (non-hydrogen) atoms. The Balaban J connectivity index is 1.32. The summed E-state index contributed by atoms with van der Waals surface area (Å²) in [5.74, 6) is 0.0584. The molecule has 0 aromatic heterocycles. The maximum Gasteiger partial charge on any atom is 0.324 e. The van der Waals surface area contributed by atoms with Crippen molar-refractivity contribution in [2.24, 2.45) is 5.92 Å². The van der Waals surface area contributed by atoms with Crippen molar-refractivity contribution >= 4 is 21.8 Å². The van der Waals surface area contributed by atoms with Crippen LogP contribution in [0.5, 0.6) is 5.75 Å². The molecule has 10 heteroatoms. The van der Waals surface area contributed by atoms with E-state index in [4.69, 9.17) is 4.74 Å². The summed E-state index contributed by atoms with van der Waals surface area (Å²) in [6, 6.07) is 4.36. The third kappa shape index (κ3) is 6.03. The number of rotatable bonds is 12. The first-order valence-electron chi connectivity index (χ1n) is 11.6. The molecule has 4 rings (SSSR count). The number of ether oxygens (including phenoxy) is 1. The number of sulfone groups is 1. The Hall–Kier alpha value is -2.20. The van der Waals surface area contributed by atoms with Gasteiger partial charge in [-0.2, -0.15) is 0 Å². The van der Waals surface area contributed by atoms with Gasteiger partial charge >= 0.3 is 6.03 Å². The molecule has 2 heterocycles. The SMILES string of the molecule is CN1CC(CS(=O)(=O)CCCCCN2CC(=O)NC2=O)(c2ccc(F)c(OCC3CC3)c2)C1. The zero-order chi connectivity index (χ0) is 23.6. The van der Waals surface area contributed by atoms with Crippen LogP contribution in [0.4, 0.5) is 9.18 Å². The van der Waals surface area contributed by atoms with E-state index in [1.165, 1.54) is 11.0 Å². The van der Waals surface area contributed by atoms with Gasteiger partial charge in [0.05, 0.1) is 18.1 Å². The number of hydrogen-bond donors (Lipinski definition) is 1. The van der Waals surface area contributed by atoms with E-state index in [-0.39, 0.29) is 35.7 Å². The largest absolute Gasteiger partial charge is 0.490 e. The molecule has 0 atom stereocenters. The van der Waals surface area contributed by atoms with Crippen molar-refractivity contribution in [1.82, 2.24) is 15.1 Å². The molecule has 8 nitrogen and oxygen atoms in total. The van der Waals surface area contributed by atoms with Crippen molar-refractivity contribution in [2.45, 2.75) is 37.5 Å². The third-order valence-corrected chi connectivity index (χ3v) is 8.51. The molecule has 1 aliphatic carbocycles. The number of imide groups is 1. The van der Waals surface area contributed by atoms with Gasteiger partial charge in [-0.3, -0.25) is 10.1 Å². The van der Waals surface area contributed by atoms with Crippen LogP contribution in [0.25, 0.3) is 0 Å². The van der Waals surface area contributed by atoms with Crippen molar-refractivity contribution in [1.29, 1.82) is 0 Å². The van der Waals surface area contributed by atoms with Gasteiger partial charge < -0.3 is 14.5 Å².